The summed E-state index contributed by atoms with van der Waals surface area (Å²) in [5, 5.41) is 1.50. The fourth-order valence-corrected chi connectivity index (χ4v) is 5.34. The third kappa shape index (κ3) is 2.41. The normalized spacial score (nSPS) is 16.5. The lowest BCUT2D eigenvalue weighted by atomic mass is 10.1. The zero-order valence-corrected chi connectivity index (χ0v) is 14.9. The van der Waals surface area contributed by atoms with Gasteiger partial charge in [-0.15, -0.1) is 0 Å². The van der Waals surface area contributed by atoms with Gasteiger partial charge in [-0.2, -0.15) is 0 Å². The predicted molar refractivity (Wildman–Crippen MR) is 90.4 cm³/mol. The van der Waals surface area contributed by atoms with E-state index < -0.39 is 13.3 Å². The molecule has 1 aliphatic rings. The molecule has 22 heavy (non-hydrogen) atoms. The van der Waals surface area contributed by atoms with Crippen LogP contribution in [0.25, 0.3) is 11.1 Å². The largest absolute Gasteiger partial charge is 0.341 e. The molecule has 2 aromatic carbocycles. The van der Waals surface area contributed by atoms with Crippen molar-refractivity contribution >= 4 is 42.4 Å². The molecule has 0 saturated carbocycles. The summed E-state index contributed by atoms with van der Waals surface area (Å²) >= 11 is 18.6. The molecule has 0 N–H and O–H groups in total. The molecule has 1 aliphatic carbocycles. The Balaban J connectivity index is 2.38. The first-order chi connectivity index (χ1) is 10.4. The van der Waals surface area contributed by atoms with Crippen LogP contribution >= 0.6 is 42.4 Å². The SMILES string of the molecule is COP(=O)(OC)[C@H]1c2cc(Cl)ccc2-c2c(Cl)cc(Cl)cc21. The maximum Gasteiger partial charge on any atom is 0.341 e. The highest BCUT2D eigenvalue weighted by Gasteiger charge is 2.44. The van der Waals surface area contributed by atoms with Crippen LogP contribution in [0.3, 0.4) is 0 Å². The maximum absolute atomic E-state index is 13.0. The number of rotatable bonds is 3. The first-order valence-corrected chi connectivity index (χ1v) is 9.16. The van der Waals surface area contributed by atoms with Crippen LogP contribution in [0, 0.1) is 0 Å². The van der Waals surface area contributed by atoms with E-state index in [1.54, 1.807) is 24.3 Å². The molecule has 0 fully saturated rings. The Morgan fingerprint density at radius 2 is 1.59 bits per heavy atom. The minimum Gasteiger partial charge on any atom is -0.311 e. The monoisotopic (exact) mass is 376 g/mol. The van der Waals surface area contributed by atoms with Crippen molar-refractivity contribution in [3.63, 3.8) is 0 Å². The van der Waals surface area contributed by atoms with Crippen LogP contribution in [-0.2, 0) is 13.6 Å². The van der Waals surface area contributed by atoms with Crippen LogP contribution in [0.15, 0.2) is 30.3 Å². The second-order valence-corrected chi connectivity index (χ2v) is 8.50. The van der Waals surface area contributed by atoms with E-state index in [9.17, 15) is 4.57 Å². The van der Waals surface area contributed by atoms with Gasteiger partial charge >= 0.3 is 7.60 Å². The Labute approximate surface area is 143 Å². The van der Waals surface area contributed by atoms with Gasteiger partial charge in [0.15, 0.2) is 0 Å². The summed E-state index contributed by atoms with van der Waals surface area (Å²) in [5.41, 5.74) is 2.53. The molecule has 0 spiro atoms. The first-order valence-electron chi connectivity index (χ1n) is 6.41. The summed E-state index contributed by atoms with van der Waals surface area (Å²) in [5.74, 6) is 0. The minimum absolute atomic E-state index is 0.464. The van der Waals surface area contributed by atoms with E-state index in [1.165, 1.54) is 14.2 Å². The van der Waals surface area contributed by atoms with Gasteiger partial charge in [-0.05, 0) is 41.0 Å². The Morgan fingerprint density at radius 3 is 2.23 bits per heavy atom. The lowest BCUT2D eigenvalue weighted by Crippen LogP contribution is -2.02. The van der Waals surface area contributed by atoms with E-state index in [0.29, 0.717) is 15.1 Å². The molecule has 3 rings (SSSR count). The molecule has 0 amide bonds. The third-order valence-corrected chi connectivity index (χ3v) is 6.74. The number of benzene rings is 2. The van der Waals surface area contributed by atoms with Gasteiger partial charge in [0.05, 0.1) is 5.02 Å². The quantitative estimate of drug-likeness (QED) is 0.597. The fraction of sp³-hybridized carbons (Fsp3) is 0.200. The second-order valence-electron chi connectivity index (χ2n) is 4.89. The molecule has 0 radical (unpaired) electrons. The highest BCUT2D eigenvalue weighted by molar-refractivity contribution is 7.54. The van der Waals surface area contributed by atoms with E-state index in [4.69, 9.17) is 43.9 Å². The number of halogens is 3. The zero-order valence-electron chi connectivity index (χ0n) is 11.8. The number of hydrogen-bond acceptors (Lipinski definition) is 3. The van der Waals surface area contributed by atoms with Gasteiger partial charge in [0.25, 0.3) is 0 Å². The average Bonchev–Trinajstić information content (AvgIpc) is 2.80. The number of fused-ring (bicyclic) bond motifs is 3. The summed E-state index contributed by atoms with van der Waals surface area (Å²) < 4.78 is 23.5. The molecule has 0 bridgehead atoms. The Hall–Kier alpha value is -0.540. The van der Waals surface area contributed by atoms with Gasteiger partial charge in [-0.1, -0.05) is 40.9 Å². The summed E-state index contributed by atoms with van der Waals surface area (Å²) in [6.45, 7) is 0. The molecule has 2 aromatic rings. The molecule has 3 nitrogen and oxygen atoms in total. The zero-order chi connectivity index (χ0) is 16.1. The van der Waals surface area contributed by atoms with Gasteiger partial charge in [0.1, 0.15) is 5.66 Å². The Morgan fingerprint density at radius 1 is 0.955 bits per heavy atom. The third-order valence-electron chi connectivity index (χ3n) is 3.78. The molecular weight excluding hydrogens is 365 g/mol. The van der Waals surface area contributed by atoms with Crippen LogP contribution in [0.2, 0.25) is 15.1 Å². The fourth-order valence-electron chi connectivity index (χ4n) is 2.87. The highest BCUT2D eigenvalue weighted by atomic mass is 35.5. The van der Waals surface area contributed by atoms with Crippen LogP contribution in [0.4, 0.5) is 0 Å². The van der Waals surface area contributed by atoms with Gasteiger partial charge in [0, 0.05) is 29.8 Å². The highest BCUT2D eigenvalue weighted by Crippen LogP contribution is 2.68. The molecule has 0 aromatic heterocycles. The molecule has 0 saturated heterocycles. The molecule has 0 aliphatic heterocycles. The van der Waals surface area contributed by atoms with E-state index in [0.717, 1.165) is 22.3 Å². The molecule has 0 unspecified atom stereocenters. The van der Waals surface area contributed by atoms with Crippen LogP contribution in [-0.4, -0.2) is 14.2 Å². The van der Waals surface area contributed by atoms with E-state index >= 15 is 0 Å². The van der Waals surface area contributed by atoms with E-state index in [-0.39, 0.29) is 0 Å². The summed E-state index contributed by atoms with van der Waals surface area (Å²) in [7, 11) is -0.709. The summed E-state index contributed by atoms with van der Waals surface area (Å²) in [6.07, 6.45) is 0. The van der Waals surface area contributed by atoms with Crippen molar-refractivity contribution in [1.29, 1.82) is 0 Å². The van der Waals surface area contributed by atoms with E-state index in [1.807, 2.05) is 6.07 Å². The van der Waals surface area contributed by atoms with Crippen LogP contribution in [0.5, 0.6) is 0 Å². The van der Waals surface area contributed by atoms with Crippen molar-refractivity contribution in [2.75, 3.05) is 14.2 Å². The lowest BCUT2D eigenvalue weighted by molar-refractivity contribution is 0.270. The topological polar surface area (TPSA) is 35.5 Å². The standard InChI is InChI=1S/C15H12Cl3O3P/c1-20-22(19,21-2)15-11-5-8(16)3-4-10(11)14-12(15)6-9(17)7-13(14)18/h3-7,15H,1-2H3/t15-/m0/s1. The van der Waals surface area contributed by atoms with Crippen molar-refractivity contribution in [2.45, 2.75) is 5.66 Å². The Kier molecular flexibility index (Phi) is 4.32. The van der Waals surface area contributed by atoms with Crippen molar-refractivity contribution < 1.29 is 13.6 Å². The number of hydrogen-bond donors (Lipinski definition) is 0. The van der Waals surface area contributed by atoms with Crippen molar-refractivity contribution in [2.24, 2.45) is 0 Å². The van der Waals surface area contributed by atoms with Crippen molar-refractivity contribution in [3.8, 4) is 11.1 Å². The second kappa shape index (κ2) is 5.83. The average molecular weight is 378 g/mol. The van der Waals surface area contributed by atoms with Crippen molar-refractivity contribution in [3.05, 3.63) is 56.5 Å². The molecular formula is C15H12Cl3O3P. The molecule has 116 valence electrons. The first kappa shape index (κ1) is 16.3. The van der Waals surface area contributed by atoms with Crippen molar-refractivity contribution in [1.82, 2.24) is 0 Å². The summed E-state index contributed by atoms with van der Waals surface area (Å²) in [4.78, 5) is 0. The molecule has 7 heteroatoms. The predicted octanol–water partition coefficient (Wildman–Crippen LogP) is 6.20. The van der Waals surface area contributed by atoms with Crippen LogP contribution < -0.4 is 0 Å². The summed E-state index contributed by atoms with van der Waals surface area (Å²) in [6, 6.07) is 8.78. The minimum atomic E-state index is -3.43. The lowest BCUT2D eigenvalue weighted by Gasteiger charge is -2.22. The van der Waals surface area contributed by atoms with Gasteiger partial charge in [-0.25, -0.2) is 0 Å². The smallest absolute Gasteiger partial charge is 0.311 e. The van der Waals surface area contributed by atoms with Gasteiger partial charge in [-0.3, -0.25) is 4.57 Å². The van der Waals surface area contributed by atoms with E-state index in [2.05, 4.69) is 0 Å². The molecule has 0 heterocycles. The maximum atomic E-state index is 13.0. The van der Waals surface area contributed by atoms with Gasteiger partial charge < -0.3 is 9.05 Å². The Bertz CT molecular complexity index is 799. The van der Waals surface area contributed by atoms with Gasteiger partial charge in [0.2, 0.25) is 0 Å². The molecule has 1 atom stereocenters. The van der Waals surface area contributed by atoms with Crippen LogP contribution in [0.1, 0.15) is 16.8 Å².